The second-order valence-electron chi connectivity index (χ2n) is 9.38. The van der Waals surface area contributed by atoms with Crippen LogP contribution < -0.4 is 10.5 Å². The second kappa shape index (κ2) is 10.3. The SMILES string of the molecule is CN(C)CCC(=O)N1CCC[C@@H](n2nc(-c3ccc(Oc4ccccc4)cc3)c3c(N)ncnc32)C1. The average Bonchev–Trinajstić information content (AvgIpc) is 3.29. The molecule has 0 unspecified atom stereocenters. The Kier molecular flexibility index (Phi) is 6.81. The Balaban J connectivity index is 1.43. The third-order valence-electron chi connectivity index (χ3n) is 6.49. The molecular formula is C27H31N7O2. The summed E-state index contributed by atoms with van der Waals surface area (Å²) in [5.41, 5.74) is 8.63. The number of likely N-dealkylation sites (tertiary alicyclic amines) is 1. The van der Waals surface area contributed by atoms with Crippen LogP contribution in [0.2, 0.25) is 0 Å². The van der Waals surface area contributed by atoms with Gasteiger partial charge in [0.1, 0.15) is 29.3 Å². The highest BCUT2D eigenvalue weighted by molar-refractivity contribution is 5.98. The molecule has 0 saturated carbocycles. The molecule has 36 heavy (non-hydrogen) atoms. The van der Waals surface area contributed by atoms with Crippen LogP contribution in [0.3, 0.4) is 0 Å². The number of nitrogens with two attached hydrogens (primary N) is 1. The van der Waals surface area contributed by atoms with E-state index in [1.807, 2.05) is 83.2 Å². The van der Waals surface area contributed by atoms with Gasteiger partial charge in [-0.25, -0.2) is 14.6 Å². The summed E-state index contributed by atoms with van der Waals surface area (Å²) in [5.74, 6) is 2.07. The van der Waals surface area contributed by atoms with Crippen LogP contribution in [0.4, 0.5) is 5.82 Å². The minimum atomic E-state index is 0.0216. The van der Waals surface area contributed by atoms with Crippen molar-refractivity contribution in [3.63, 3.8) is 0 Å². The molecule has 0 aliphatic carbocycles. The van der Waals surface area contributed by atoms with Gasteiger partial charge in [-0.2, -0.15) is 5.10 Å². The molecule has 9 heteroatoms. The Bertz CT molecular complexity index is 1340. The van der Waals surface area contributed by atoms with Gasteiger partial charge in [0, 0.05) is 31.6 Å². The Labute approximate surface area is 210 Å². The van der Waals surface area contributed by atoms with E-state index in [9.17, 15) is 4.79 Å². The van der Waals surface area contributed by atoms with E-state index in [2.05, 4.69) is 9.97 Å². The van der Waals surface area contributed by atoms with Crippen molar-refractivity contribution in [3.05, 3.63) is 60.9 Å². The third-order valence-corrected chi connectivity index (χ3v) is 6.49. The summed E-state index contributed by atoms with van der Waals surface area (Å²) in [4.78, 5) is 25.5. The van der Waals surface area contributed by atoms with Crippen LogP contribution >= 0.6 is 0 Å². The number of carbonyl (C=O) groups excluding carboxylic acids is 1. The number of anilines is 1. The fourth-order valence-electron chi connectivity index (χ4n) is 4.62. The standard InChI is InChI=1S/C27H31N7O2/c1-32(2)16-14-23(35)33-15-6-7-20(17-33)34-27-24(26(28)29-18-30-27)25(31-34)19-10-12-22(13-11-19)36-21-8-4-3-5-9-21/h3-5,8-13,18,20H,6-7,14-17H2,1-2H3,(H2,28,29,30)/t20-/m1/s1. The van der Waals surface area contributed by atoms with Crippen LogP contribution in [-0.2, 0) is 4.79 Å². The Morgan fingerprint density at radius 1 is 1.08 bits per heavy atom. The highest BCUT2D eigenvalue weighted by atomic mass is 16.5. The molecule has 2 aromatic carbocycles. The smallest absolute Gasteiger partial charge is 0.223 e. The number of ether oxygens (including phenoxy) is 1. The van der Waals surface area contributed by atoms with Crippen LogP contribution in [0, 0.1) is 0 Å². The molecule has 2 N–H and O–H groups in total. The molecule has 1 saturated heterocycles. The zero-order valence-corrected chi connectivity index (χ0v) is 20.7. The number of nitrogen functional groups attached to an aromatic ring is 1. The summed E-state index contributed by atoms with van der Waals surface area (Å²) in [6, 6.07) is 17.4. The lowest BCUT2D eigenvalue weighted by Crippen LogP contribution is -2.41. The number of hydrogen-bond donors (Lipinski definition) is 1. The normalized spacial score (nSPS) is 16.0. The maximum Gasteiger partial charge on any atom is 0.223 e. The van der Waals surface area contributed by atoms with E-state index in [0.717, 1.165) is 54.1 Å². The van der Waals surface area contributed by atoms with Gasteiger partial charge in [-0.15, -0.1) is 0 Å². The van der Waals surface area contributed by atoms with E-state index in [-0.39, 0.29) is 11.9 Å². The second-order valence-corrected chi connectivity index (χ2v) is 9.38. The van der Waals surface area contributed by atoms with E-state index in [4.69, 9.17) is 15.6 Å². The van der Waals surface area contributed by atoms with Crippen molar-refractivity contribution in [3.8, 4) is 22.8 Å². The molecule has 2 aromatic heterocycles. The number of para-hydroxylation sites is 1. The first kappa shape index (κ1) is 23.7. The lowest BCUT2D eigenvalue weighted by Gasteiger charge is -2.33. The quantitative estimate of drug-likeness (QED) is 0.422. The van der Waals surface area contributed by atoms with Gasteiger partial charge in [0.2, 0.25) is 5.91 Å². The summed E-state index contributed by atoms with van der Waals surface area (Å²) in [6.45, 7) is 2.12. The highest BCUT2D eigenvalue weighted by Gasteiger charge is 2.28. The number of rotatable bonds is 7. The van der Waals surface area contributed by atoms with Crippen molar-refractivity contribution in [2.75, 3.05) is 39.5 Å². The maximum atomic E-state index is 12.8. The van der Waals surface area contributed by atoms with Crippen LogP contribution in [-0.4, -0.2) is 69.2 Å². The summed E-state index contributed by atoms with van der Waals surface area (Å²) in [6.07, 6.45) is 3.82. The fraction of sp³-hybridized carbons (Fsp3) is 0.333. The van der Waals surface area contributed by atoms with Crippen molar-refractivity contribution in [1.29, 1.82) is 0 Å². The summed E-state index contributed by atoms with van der Waals surface area (Å²) in [7, 11) is 3.96. The van der Waals surface area contributed by atoms with E-state index in [1.54, 1.807) is 0 Å². The fourth-order valence-corrected chi connectivity index (χ4v) is 4.62. The molecule has 3 heterocycles. The van der Waals surface area contributed by atoms with Crippen LogP contribution in [0.5, 0.6) is 11.5 Å². The molecule has 1 aliphatic heterocycles. The maximum absolute atomic E-state index is 12.8. The third kappa shape index (κ3) is 5.01. The Morgan fingerprint density at radius 3 is 2.58 bits per heavy atom. The zero-order chi connectivity index (χ0) is 25.1. The van der Waals surface area contributed by atoms with E-state index >= 15 is 0 Å². The first-order valence-electron chi connectivity index (χ1n) is 12.2. The summed E-state index contributed by atoms with van der Waals surface area (Å²) < 4.78 is 7.87. The van der Waals surface area contributed by atoms with Crippen molar-refractivity contribution < 1.29 is 9.53 Å². The highest BCUT2D eigenvalue weighted by Crippen LogP contribution is 2.35. The largest absolute Gasteiger partial charge is 0.457 e. The average molecular weight is 486 g/mol. The van der Waals surface area contributed by atoms with Crippen molar-refractivity contribution in [2.24, 2.45) is 0 Å². The van der Waals surface area contributed by atoms with Gasteiger partial charge in [-0.05, 0) is 63.3 Å². The molecule has 1 aliphatic rings. The van der Waals surface area contributed by atoms with Gasteiger partial charge in [0.25, 0.3) is 0 Å². The summed E-state index contributed by atoms with van der Waals surface area (Å²) in [5, 5.41) is 5.70. The molecule has 9 nitrogen and oxygen atoms in total. The first-order valence-corrected chi connectivity index (χ1v) is 12.2. The minimum absolute atomic E-state index is 0.0216. The monoisotopic (exact) mass is 485 g/mol. The van der Waals surface area contributed by atoms with E-state index in [1.165, 1.54) is 6.33 Å². The predicted molar refractivity (Wildman–Crippen MR) is 140 cm³/mol. The molecule has 1 amide bonds. The molecule has 5 rings (SSSR count). The van der Waals surface area contributed by atoms with Crippen molar-refractivity contribution in [2.45, 2.75) is 25.3 Å². The molecule has 0 spiro atoms. The van der Waals surface area contributed by atoms with E-state index in [0.29, 0.717) is 24.4 Å². The Hall–Kier alpha value is -3.98. The van der Waals surface area contributed by atoms with Crippen LogP contribution in [0.15, 0.2) is 60.9 Å². The molecule has 1 fully saturated rings. The number of carbonyl (C=O) groups is 1. The van der Waals surface area contributed by atoms with E-state index < -0.39 is 0 Å². The topological polar surface area (TPSA) is 102 Å². The van der Waals surface area contributed by atoms with Crippen molar-refractivity contribution in [1.82, 2.24) is 29.5 Å². The van der Waals surface area contributed by atoms with Gasteiger partial charge in [-0.3, -0.25) is 4.79 Å². The van der Waals surface area contributed by atoms with Gasteiger partial charge >= 0.3 is 0 Å². The molecular weight excluding hydrogens is 454 g/mol. The number of nitrogens with zero attached hydrogens (tertiary/aromatic N) is 6. The Morgan fingerprint density at radius 2 is 1.83 bits per heavy atom. The van der Waals surface area contributed by atoms with Gasteiger partial charge in [-0.1, -0.05) is 18.2 Å². The molecule has 1 atom stereocenters. The number of piperidine rings is 1. The van der Waals surface area contributed by atoms with Crippen LogP contribution in [0.1, 0.15) is 25.3 Å². The van der Waals surface area contributed by atoms with Crippen LogP contribution in [0.25, 0.3) is 22.3 Å². The lowest BCUT2D eigenvalue weighted by atomic mass is 10.1. The van der Waals surface area contributed by atoms with Gasteiger partial charge in [0.15, 0.2) is 5.65 Å². The molecule has 4 aromatic rings. The van der Waals surface area contributed by atoms with Crippen molar-refractivity contribution >= 4 is 22.8 Å². The minimum Gasteiger partial charge on any atom is -0.457 e. The number of benzene rings is 2. The first-order chi connectivity index (χ1) is 17.5. The molecule has 0 radical (unpaired) electrons. The number of fused-ring (bicyclic) bond motifs is 1. The number of hydrogen-bond acceptors (Lipinski definition) is 7. The van der Waals surface area contributed by atoms with Gasteiger partial charge < -0.3 is 20.3 Å². The summed E-state index contributed by atoms with van der Waals surface area (Å²) >= 11 is 0. The van der Waals surface area contributed by atoms with Gasteiger partial charge in [0.05, 0.1) is 11.4 Å². The zero-order valence-electron chi connectivity index (χ0n) is 20.7. The predicted octanol–water partition coefficient (Wildman–Crippen LogP) is 3.98. The lowest BCUT2D eigenvalue weighted by molar-refractivity contribution is -0.133. The number of amides is 1. The molecule has 0 bridgehead atoms. The molecule has 186 valence electrons. The number of aromatic nitrogens is 4.